The molecule has 11 nitrogen and oxygen atoms in total. The van der Waals surface area contributed by atoms with E-state index in [4.69, 9.17) is 15.2 Å². The zero-order chi connectivity index (χ0) is 24.4. The van der Waals surface area contributed by atoms with Gasteiger partial charge in [-0.15, -0.1) is 0 Å². The summed E-state index contributed by atoms with van der Waals surface area (Å²) in [6, 6.07) is 5.13. The van der Waals surface area contributed by atoms with Crippen molar-refractivity contribution >= 4 is 5.82 Å². The summed E-state index contributed by atoms with van der Waals surface area (Å²) in [6.45, 7) is 2.19. The molecule has 4 rings (SSSR count). The zero-order valence-electron chi connectivity index (χ0n) is 19.3. The quantitative estimate of drug-likeness (QED) is 0.418. The average molecular weight is 463 g/mol. The second kappa shape index (κ2) is 9.32. The number of aliphatic hydroxyl groups excluding tert-OH is 1. The van der Waals surface area contributed by atoms with E-state index in [0.29, 0.717) is 40.7 Å². The Morgan fingerprint density at radius 3 is 2.35 bits per heavy atom. The van der Waals surface area contributed by atoms with Crippen molar-refractivity contribution in [2.75, 3.05) is 26.6 Å². The van der Waals surface area contributed by atoms with Crippen LogP contribution in [0.4, 0.5) is 5.82 Å². The third kappa shape index (κ3) is 4.33. The summed E-state index contributed by atoms with van der Waals surface area (Å²) in [5.74, 6) is 1.23. The van der Waals surface area contributed by atoms with Gasteiger partial charge in [0.1, 0.15) is 28.6 Å². The SMILES string of the molecule is COc1cc(OC)cc(-c2nc(-c3nc(-c4cn(CCO)nc4C)cnc3N)cn(C)c2=O)c1. The average Bonchev–Trinajstić information content (AvgIpc) is 3.20. The molecular weight excluding hydrogens is 438 g/mol. The van der Waals surface area contributed by atoms with Crippen molar-refractivity contribution in [3.63, 3.8) is 0 Å². The molecule has 0 radical (unpaired) electrons. The van der Waals surface area contributed by atoms with Gasteiger partial charge in [0.05, 0.1) is 45.0 Å². The van der Waals surface area contributed by atoms with Crippen LogP contribution in [0.3, 0.4) is 0 Å². The lowest BCUT2D eigenvalue weighted by Gasteiger charge is -2.12. The van der Waals surface area contributed by atoms with Gasteiger partial charge in [-0.3, -0.25) is 9.48 Å². The van der Waals surface area contributed by atoms with Crippen LogP contribution in [0, 0.1) is 6.92 Å². The first-order chi connectivity index (χ1) is 16.3. The molecule has 4 aromatic rings. The molecule has 1 aromatic carbocycles. The largest absolute Gasteiger partial charge is 0.497 e. The highest BCUT2D eigenvalue weighted by Crippen LogP contribution is 2.30. The van der Waals surface area contributed by atoms with Crippen LogP contribution in [0.1, 0.15) is 5.69 Å². The van der Waals surface area contributed by atoms with Gasteiger partial charge in [0, 0.05) is 36.6 Å². The number of benzene rings is 1. The fourth-order valence-electron chi connectivity index (χ4n) is 3.56. The summed E-state index contributed by atoms with van der Waals surface area (Å²) in [7, 11) is 4.70. The lowest BCUT2D eigenvalue weighted by molar-refractivity contribution is 0.269. The molecular formula is C23H25N7O4. The van der Waals surface area contributed by atoms with Gasteiger partial charge in [0.25, 0.3) is 5.56 Å². The summed E-state index contributed by atoms with van der Waals surface area (Å²) in [6.07, 6.45) is 4.91. The first-order valence-corrected chi connectivity index (χ1v) is 10.4. The molecule has 3 heterocycles. The highest BCUT2D eigenvalue weighted by Gasteiger charge is 2.18. The molecule has 176 valence electrons. The van der Waals surface area contributed by atoms with Crippen molar-refractivity contribution in [1.82, 2.24) is 29.3 Å². The van der Waals surface area contributed by atoms with Crippen LogP contribution in [0.15, 0.2) is 41.6 Å². The number of hydrogen-bond acceptors (Lipinski definition) is 9. The molecule has 0 aliphatic carbocycles. The topological polar surface area (TPSA) is 143 Å². The Balaban J connectivity index is 1.86. The number of aliphatic hydroxyl groups is 1. The Kier molecular flexibility index (Phi) is 6.28. The normalized spacial score (nSPS) is 11.0. The molecule has 0 fully saturated rings. The van der Waals surface area contributed by atoms with E-state index in [1.165, 1.54) is 18.8 Å². The molecule has 3 N–H and O–H groups in total. The molecule has 3 aromatic heterocycles. The van der Waals surface area contributed by atoms with E-state index in [9.17, 15) is 9.90 Å². The molecule has 34 heavy (non-hydrogen) atoms. The fraction of sp³-hybridized carbons (Fsp3) is 0.261. The Morgan fingerprint density at radius 2 is 1.71 bits per heavy atom. The summed E-state index contributed by atoms with van der Waals surface area (Å²) in [5, 5.41) is 13.6. The molecule has 0 bridgehead atoms. The molecule has 0 spiro atoms. The van der Waals surface area contributed by atoms with E-state index in [1.807, 2.05) is 6.92 Å². The molecule has 11 heteroatoms. The number of nitrogens with two attached hydrogens (primary N) is 1. The Labute approximate surface area is 195 Å². The maximum Gasteiger partial charge on any atom is 0.276 e. The van der Waals surface area contributed by atoms with Crippen LogP contribution in [0.2, 0.25) is 0 Å². The van der Waals surface area contributed by atoms with Gasteiger partial charge in [-0.25, -0.2) is 15.0 Å². The molecule has 0 aliphatic heterocycles. The van der Waals surface area contributed by atoms with Gasteiger partial charge in [0.2, 0.25) is 0 Å². The number of ether oxygens (including phenoxy) is 2. The first kappa shape index (κ1) is 22.9. The minimum atomic E-state index is -0.303. The summed E-state index contributed by atoms with van der Waals surface area (Å²) in [4.78, 5) is 26.5. The van der Waals surface area contributed by atoms with Gasteiger partial charge in [0.15, 0.2) is 5.82 Å². The number of nitrogen functional groups attached to an aromatic ring is 1. The number of rotatable bonds is 7. The number of anilines is 1. The van der Waals surface area contributed by atoms with Gasteiger partial charge < -0.3 is 24.9 Å². The van der Waals surface area contributed by atoms with E-state index >= 15 is 0 Å². The highest BCUT2D eigenvalue weighted by molar-refractivity contribution is 5.73. The third-order valence-corrected chi connectivity index (χ3v) is 5.29. The van der Waals surface area contributed by atoms with Gasteiger partial charge >= 0.3 is 0 Å². The van der Waals surface area contributed by atoms with Crippen molar-refractivity contribution in [1.29, 1.82) is 0 Å². The minimum Gasteiger partial charge on any atom is -0.497 e. The van der Waals surface area contributed by atoms with Crippen molar-refractivity contribution in [3.8, 4) is 45.4 Å². The highest BCUT2D eigenvalue weighted by atomic mass is 16.5. The number of nitrogens with zero attached hydrogens (tertiary/aromatic N) is 6. The predicted octanol–water partition coefficient (Wildman–Crippen LogP) is 1.67. The van der Waals surface area contributed by atoms with E-state index in [2.05, 4.69) is 20.1 Å². The van der Waals surface area contributed by atoms with Crippen LogP contribution in [-0.4, -0.2) is 55.2 Å². The second-order valence-corrected chi connectivity index (χ2v) is 7.60. The summed E-state index contributed by atoms with van der Waals surface area (Å²) < 4.78 is 13.7. The van der Waals surface area contributed by atoms with Crippen molar-refractivity contribution < 1.29 is 14.6 Å². The van der Waals surface area contributed by atoms with Crippen LogP contribution in [-0.2, 0) is 13.6 Å². The van der Waals surface area contributed by atoms with Gasteiger partial charge in [-0.05, 0) is 19.1 Å². The van der Waals surface area contributed by atoms with E-state index in [-0.39, 0.29) is 23.7 Å². The van der Waals surface area contributed by atoms with E-state index < -0.39 is 0 Å². The molecule has 0 amide bonds. The molecule has 0 saturated heterocycles. The number of hydrogen-bond donors (Lipinski definition) is 2. The maximum absolute atomic E-state index is 13.0. The Bertz CT molecular complexity index is 1390. The van der Waals surface area contributed by atoms with E-state index in [0.717, 1.165) is 11.3 Å². The lowest BCUT2D eigenvalue weighted by atomic mass is 10.1. The predicted molar refractivity (Wildman–Crippen MR) is 127 cm³/mol. The Hall–Kier alpha value is -4.25. The molecule has 0 saturated carbocycles. The van der Waals surface area contributed by atoms with Crippen molar-refractivity contribution in [2.45, 2.75) is 13.5 Å². The Morgan fingerprint density at radius 1 is 1.03 bits per heavy atom. The van der Waals surface area contributed by atoms with Crippen LogP contribution in [0.5, 0.6) is 11.5 Å². The third-order valence-electron chi connectivity index (χ3n) is 5.29. The standard InChI is InChI=1S/C23H25N7O4/c1-13-17(11-30(28-13)5-6-31)18-10-25-22(24)21(26-18)19-12-29(2)23(32)20(27-19)14-7-15(33-3)9-16(8-14)34-4/h7-12,31H,5-6H2,1-4H3,(H2,24,25). The first-order valence-electron chi connectivity index (χ1n) is 10.4. The van der Waals surface area contributed by atoms with Gasteiger partial charge in [-0.1, -0.05) is 0 Å². The number of aromatic nitrogens is 6. The summed E-state index contributed by atoms with van der Waals surface area (Å²) in [5.41, 5.74) is 9.33. The van der Waals surface area contributed by atoms with Gasteiger partial charge in [-0.2, -0.15) is 5.10 Å². The van der Waals surface area contributed by atoms with Crippen LogP contribution >= 0.6 is 0 Å². The monoisotopic (exact) mass is 463 g/mol. The van der Waals surface area contributed by atoms with Crippen LogP contribution in [0.25, 0.3) is 33.9 Å². The van der Waals surface area contributed by atoms with Crippen LogP contribution < -0.4 is 20.8 Å². The zero-order valence-corrected chi connectivity index (χ0v) is 19.3. The van der Waals surface area contributed by atoms with Crippen molar-refractivity contribution in [2.24, 2.45) is 7.05 Å². The maximum atomic E-state index is 13.0. The number of methoxy groups -OCH3 is 2. The minimum absolute atomic E-state index is 0.0287. The molecule has 0 aliphatic rings. The molecule has 0 atom stereocenters. The second-order valence-electron chi connectivity index (χ2n) is 7.60. The molecule has 0 unspecified atom stereocenters. The summed E-state index contributed by atoms with van der Waals surface area (Å²) >= 11 is 0. The van der Waals surface area contributed by atoms with Crippen molar-refractivity contribution in [3.05, 3.63) is 52.8 Å². The number of aryl methyl sites for hydroxylation is 2. The fourth-order valence-corrected chi connectivity index (χ4v) is 3.56. The lowest BCUT2D eigenvalue weighted by Crippen LogP contribution is -2.20. The van der Waals surface area contributed by atoms with E-state index in [1.54, 1.807) is 48.5 Å². The smallest absolute Gasteiger partial charge is 0.276 e.